The first-order valence-corrected chi connectivity index (χ1v) is 8.98. The van der Waals surface area contributed by atoms with Gasteiger partial charge in [-0.3, -0.25) is 4.68 Å². The highest BCUT2D eigenvalue weighted by Crippen LogP contribution is 2.38. The Bertz CT molecular complexity index is 892. The minimum atomic E-state index is -0.812. The van der Waals surface area contributed by atoms with Gasteiger partial charge in [-0.2, -0.15) is 5.10 Å². The van der Waals surface area contributed by atoms with E-state index in [0.717, 1.165) is 34.8 Å². The molecule has 0 aromatic carbocycles. The molecule has 3 aromatic heterocycles. The van der Waals surface area contributed by atoms with Gasteiger partial charge in [0.1, 0.15) is 22.6 Å². The molecule has 6 nitrogen and oxygen atoms in total. The highest BCUT2D eigenvalue weighted by Gasteiger charge is 2.37. The Morgan fingerprint density at radius 1 is 1.21 bits per heavy atom. The van der Waals surface area contributed by atoms with Crippen LogP contribution in [0.1, 0.15) is 29.0 Å². The third kappa shape index (κ3) is 2.31. The Hall–Kier alpha value is -1.99. The largest absolute Gasteiger partial charge is 0.383 e. The molecule has 1 aliphatic rings. The van der Waals surface area contributed by atoms with E-state index >= 15 is 0 Å². The Morgan fingerprint density at radius 2 is 1.96 bits per heavy atom. The van der Waals surface area contributed by atoms with Crippen molar-refractivity contribution in [1.29, 1.82) is 0 Å². The lowest BCUT2D eigenvalue weighted by Crippen LogP contribution is -2.44. The molecule has 0 spiro atoms. The van der Waals surface area contributed by atoms with E-state index in [1.807, 2.05) is 13.1 Å². The van der Waals surface area contributed by atoms with Crippen molar-refractivity contribution < 1.29 is 5.11 Å². The molecule has 1 N–H and O–H groups in total. The average Bonchev–Trinajstić information content (AvgIpc) is 3.13. The summed E-state index contributed by atoms with van der Waals surface area (Å²) in [5.41, 5.74) is 1.34. The molecule has 4 heterocycles. The molecule has 4 rings (SSSR count). The van der Waals surface area contributed by atoms with Crippen molar-refractivity contribution in [2.75, 3.05) is 18.0 Å². The lowest BCUT2D eigenvalue weighted by Gasteiger charge is -2.38. The molecule has 0 radical (unpaired) electrons. The summed E-state index contributed by atoms with van der Waals surface area (Å²) in [5.74, 6) is 0.994. The zero-order valence-corrected chi connectivity index (χ0v) is 15.0. The maximum Gasteiger partial charge on any atom is 0.141 e. The van der Waals surface area contributed by atoms with Gasteiger partial charge in [0.05, 0.1) is 11.1 Å². The summed E-state index contributed by atoms with van der Waals surface area (Å²) in [5, 5.41) is 16.4. The number of nitrogens with zero attached hydrogens (tertiary/aromatic N) is 5. The van der Waals surface area contributed by atoms with E-state index < -0.39 is 5.60 Å². The predicted molar refractivity (Wildman–Crippen MR) is 95.4 cm³/mol. The van der Waals surface area contributed by atoms with Crippen LogP contribution in [0.25, 0.3) is 10.2 Å². The van der Waals surface area contributed by atoms with Crippen LogP contribution < -0.4 is 4.90 Å². The van der Waals surface area contributed by atoms with E-state index in [1.54, 1.807) is 28.5 Å². The highest BCUT2D eigenvalue weighted by atomic mass is 32.1. The first kappa shape index (κ1) is 15.5. The van der Waals surface area contributed by atoms with Gasteiger partial charge in [-0.05, 0) is 38.3 Å². The van der Waals surface area contributed by atoms with E-state index in [-0.39, 0.29) is 0 Å². The van der Waals surface area contributed by atoms with Gasteiger partial charge in [-0.25, -0.2) is 9.97 Å². The number of rotatable bonds is 2. The molecule has 24 heavy (non-hydrogen) atoms. The first-order valence-electron chi connectivity index (χ1n) is 8.16. The molecular formula is C17H21N5OS. The normalized spacial score (nSPS) is 17.6. The van der Waals surface area contributed by atoms with E-state index in [4.69, 9.17) is 0 Å². The number of aliphatic hydroxyl groups is 1. The van der Waals surface area contributed by atoms with Gasteiger partial charge in [0.2, 0.25) is 0 Å². The van der Waals surface area contributed by atoms with Crippen molar-refractivity contribution in [1.82, 2.24) is 19.7 Å². The van der Waals surface area contributed by atoms with E-state index in [2.05, 4.69) is 33.8 Å². The maximum atomic E-state index is 11.0. The van der Waals surface area contributed by atoms with Crippen molar-refractivity contribution in [3.63, 3.8) is 0 Å². The molecule has 0 saturated carbocycles. The quantitative estimate of drug-likeness (QED) is 0.774. The van der Waals surface area contributed by atoms with Crippen LogP contribution in [0.2, 0.25) is 0 Å². The summed E-state index contributed by atoms with van der Waals surface area (Å²) in [7, 11) is 1.88. The van der Waals surface area contributed by atoms with Crippen LogP contribution in [-0.2, 0) is 12.6 Å². The summed E-state index contributed by atoms with van der Waals surface area (Å²) in [6, 6.07) is 1.91. The lowest BCUT2D eigenvalue weighted by molar-refractivity contribution is 0.00407. The van der Waals surface area contributed by atoms with Crippen LogP contribution in [-0.4, -0.2) is 37.9 Å². The van der Waals surface area contributed by atoms with Gasteiger partial charge in [-0.1, -0.05) is 0 Å². The Balaban J connectivity index is 1.64. The molecule has 3 aromatic rings. The highest BCUT2D eigenvalue weighted by molar-refractivity contribution is 7.18. The lowest BCUT2D eigenvalue weighted by atomic mass is 9.88. The predicted octanol–water partition coefficient (Wildman–Crippen LogP) is 2.53. The van der Waals surface area contributed by atoms with Gasteiger partial charge in [0.25, 0.3) is 0 Å². The Morgan fingerprint density at radius 3 is 2.62 bits per heavy atom. The van der Waals surface area contributed by atoms with E-state index in [9.17, 15) is 5.11 Å². The van der Waals surface area contributed by atoms with Crippen molar-refractivity contribution in [3.8, 4) is 0 Å². The summed E-state index contributed by atoms with van der Waals surface area (Å²) in [6.45, 7) is 5.80. The van der Waals surface area contributed by atoms with Crippen LogP contribution >= 0.6 is 11.3 Å². The summed E-state index contributed by atoms with van der Waals surface area (Å²) in [4.78, 5) is 13.6. The zero-order valence-electron chi connectivity index (χ0n) is 14.2. The van der Waals surface area contributed by atoms with E-state index in [1.165, 1.54) is 10.4 Å². The van der Waals surface area contributed by atoms with Crippen LogP contribution in [0.4, 0.5) is 5.82 Å². The molecule has 1 saturated heterocycles. The molecule has 1 fully saturated rings. The van der Waals surface area contributed by atoms with Crippen molar-refractivity contribution >= 4 is 27.4 Å². The third-order valence-corrected chi connectivity index (χ3v) is 6.25. The van der Waals surface area contributed by atoms with Gasteiger partial charge >= 0.3 is 0 Å². The third-order valence-electron chi connectivity index (χ3n) is 5.13. The minimum Gasteiger partial charge on any atom is -0.383 e. The number of aromatic nitrogens is 4. The summed E-state index contributed by atoms with van der Waals surface area (Å²) < 4.78 is 1.77. The summed E-state index contributed by atoms with van der Waals surface area (Å²) >= 11 is 1.72. The number of anilines is 1. The van der Waals surface area contributed by atoms with Crippen LogP contribution in [0.15, 0.2) is 18.6 Å². The number of piperidine rings is 1. The van der Waals surface area contributed by atoms with Crippen molar-refractivity contribution in [3.05, 3.63) is 34.7 Å². The second kappa shape index (κ2) is 5.53. The molecule has 0 atom stereocenters. The molecule has 0 unspecified atom stereocenters. The second-order valence-electron chi connectivity index (χ2n) is 6.52. The van der Waals surface area contributed by atoms with Crippen molar-refractivity contribution in [2.45, 2.75) is 32.3 Å². The van der Waals surface area contributed by atoms with Gasteiger partial charge in [0, 0.05) is 31.2 Å². The second-order valence-corrected chi connectivity index (χ2v) is 7.72. The Labute approximate surface area is 144 Å². The fourth-order valence-corrected chi connectivity index (χ4v) is 4.57. The standard InChI is InChI=1S/C17H21N5OS/c1-11-12(2)24-16-14(11)15(18-10-19-16)22-8-5-17(23,6-9-22)13-4-7-20-21(13)3/h4,7,10,23H,5-6,8-9H2,1-3H3. The number of aryl methyl sites for hydroxylation is 3. The smallest absolute Gasteiger partial charge is 0.141 e. The minimum absolute atomic E-state index is 0.667. The number of thiophene rings is 1. The number of hydrogen-bond acceptors (Lipinski definition) is 6. The Kier molecular flexibility index (Phi) is 3.58. The van der Waals surface area contributed by atoms with Crippen LogP contribution in [0, 0.1) is 13.8 Å². The molecule has 0 aliphatic carbocycles. The SMILES string of the molecule is Cc1sc2ncnc(N3CCC(O)(c4ccnn4C)CC3)c2c1C. The number of fused-ring (bicyclic) bond motifs is 1. The monoisotopic (exact) mass is 343 g/mol. The summed E-state index contributed by atoms with van der Waals surface area (Å²) in [6.07, 6.45) is 4.72. The molecule has 7 heteroatoms. The van der Waals surface area contributed by atoms with Gasteiger partial charge < -0.3 is 10.0 Å². The molecule has 0 amide bonds. The molecular weight excluding hydrogens is 322 g/mol. The van der Waals surface area contributed by atoms with E-state index in [0.29, 0.717) is 12.8 Å². The maximum absolute atomic E-state index is 11.0. The van der Waals surface area contributed by atoms with Crippen LogP contribution in [0.5, 0.6) is 0 Å². The topological polar surface area (TPSA) is 67.1 Å². The fraction of sp³-hybridized carbons (Fsp3) is 0.471. The van der Waals surface area contributed by atoms with Crippen LogP contribution in [0.3, 0.4) is 0 Å². The number of hydrogen-bond donors (Lipinski definition) is 1. The molecule has 0 bridgehead atoms. The average molecular weight is 343 g/mol. The van der Waals surface area contributed by atoms with Gasteiger partial charge in [0.15, 0.2) is 0 Å². The van der Waals surface area contributed by atoms with Gasteiger partial charge in [-0.15, -0.1) is 11.3 Å². The van der Waals surface area contributed by atoms with Crippen molar-refractivity contribution in [2.24, 2.45) is 7.05 Å². The zero-order chi connectivity index (χ0) is 16.9. The fourth-order valence-electron chi connectivity index (χ4n) is 3.58. The first-order chi connectivity index (χ1) is 11.5. The molecule has 1 aliphatic heterocycles. The molecule has 126 valence electrons.